The van der Waals surface area contributed by atoms with Gasteiger partial charge >= 0.3 is 0 Å². The molecule has 2 aliphatic heterocycles. The van der Waals surface area contributed by atoms with Crippen molar-refractivity contribution in [1.82, 2.24) is 4.90 Å². The number of hydrogen-bond donors (Lipinski definition) is 1. The zero-order valence-electron chi connectivity index (χ0n) is 11.9. The molecule has 1 saturated heterocycles. The number of fused-ring (bicyclic) bond motifs is 1. The van der Waals surface area contributed by atoms with Crippen molar-refractivity contribution in [3.63, 3.8) is 0 Å². The molecule has 3 rings (SSSR count). The minimum Gasteiger partial charge on any atom is -0.492 e. The number of carbonyl (C=O) groups excluding carboxylic acids is 1. The number of amides is 1. The first-order chi connectivity index (χ1) is 9.70. The van der Waals surface area contributed by atoms with E-state index < -0.39 is 0 Å². The highest BCUT2D eigenvalue weighted by molar-refractivity contribution is 5.80. The standard InChI is InChI=1S/C16H22N2O2/c1-11-6-7-18(14(11)9-17)16(19)13-8-12-4-2-3-5-15(12)20-10-13/h2-5,11,13-14H,6-10,17H2,1H3. The van der Waals surface area contributed by atoms with Gasteiger partial charge in [0.1, 0.15) is 12.4 Å². The van der Waals surface area contributed by atoms with Crippen LogP contribution in [0.4, 0.5) is 0 Å². The summed E-state index contributed by atoms with van der Waals surface area (Å²) in [6.07, 6.45) is 1.83. The summed E-state index contributed by atoms with van der Waals surface area (Å²) >= 11 is 0. The second-order valence-corrected chi connectivity index (χ2v) is 5.92. The number of nitrogens with two attached hydrogens (primary N) is 1. The fourth-order valence-corrected chi connectivity index (χ4v) is 3.36. The Kier molecular flexibility index (Phi) is 3.66. The highest BCUT2D eigenvalue weighted by Crippen LogP contribution is 2.30. The number of nitrogens with zero attached hydrogens (tertiary/aromatic N) is 1. The second-order valence-electron chi connectivity index (χ2n) is 5.92. The van der Waals surface area contributed by atoms with Crippen molar-refractivity contribution in [1.29, 1.82) is 0 Å². The average molecular weight is 274 g/mol. The summed E-state index contributed by atoms with van der Waals surface area (Å²) < 4.78 is 5.73. The van der Waals surface area contributed by atoms with E-state index in [-0.39, 0.29) is 17.9 Å². The van der Waals surface area contributed by atoms with Gasteiger partial charge in [0.2, 0.25) is 5.91 Å². The predicted octanol–water partition coefficient (Wildman–Crippen LogP) is 1.43. The van der Waals surface area contributed by atoms with Crippen LogP contribution in [-0.4, -0.2) is 36.5 Å². The lowest BCUT2D eigenvalue weighted by atomic mass is 9.95. The summed E-state index contributed by atoms with van der Waals surface area (Å²) in [7, 11) is 0. The number of rotatable bonds is 2. The fourth-order valence-electron chi connectivity index (χ4n) is 3.36. The summed E-state index contributed by atoms with van der Waals surface area (Å²) in [4.78, 5) is 14.7. The molecule has 2 heterocycles. The molecule has 4 nitrogen and oxygen atoms in total. The number of benzene rings is 1. The molecule has 2 N–H and O–H groups in total. The summed E-state index contributed by atoms with van der Waals surface area (Å²) in [5, 5.41) is 0. The van der Waals surface area contributed by atoms with Crippen LogP contribution in [0.5, 0.6) is 5.75 Å². The van der Waals surface area contributed by atoms with E-state index in [1.807, 2.05) is 29.2 Å². The topological polar surface area (TPSA) is 55.6 Å². The van der Waals surface area contributed by atoms with Crippen LogP contribution in [0, 0.1) is 11.8 Å². The molecule has 0 saturated carbocycles. The van der Waals surface area contributed by atoms with Crippen molar-refractivity contribution in [3.8, 4) is 5.75 Å². The van der Waals surface area contributed by atoms with Crippen molar-refractivity contribution in [2.75, 3.05) is 19.7 Å². The van der Waals surface area contributed by atoms with Gasteiger partial charge in [0.05, 0.1) is 5.92 Å². The lowest BCUT2D eigenvalue weighted by molar-refractivity contribution is -0.137. The van der Waals surface area contributed by atoms with Crippen LogP contribution >= 0.6 is 0 Å². The van der Waals surface area contributed by atoms with E-state index in [9.17, 15) is 4.79 Å². The third-order valence-corrected chi connectivity index (χ3v) is 4.64. The van der Waals surface area contributed by atoms with E-state index in [1.54, 1.807) is 0 Å². The molecule has 3 unspecified atom stereocenters. The molecule has 0 radical (unpaired) electrons. The maximum absolute atomic E-state index is 12.7. The van der Waals surface area contributed by atoms with Gasteiger partial charge < -0.3 is 15.4 Å². The Morgan fingerprint density at radius 3 is 3.05 bits per heavy atom. The molecule has 2 aliphatic rings. The first-order valence-electron chi connectivity index (χ1n) is 7.42. The highest BCUT2D eigenvalue weighted by Gasteiger charge is 2.37. The molecule has 3 atom stereocenters. The summed E-state index contributed by atoms with van der Waals surface area (Å²) in [5.41, 5.74) is 6.97. The van der Waals surface area contributed by atoms with Crippen molar-refractivity contribution in [2.24, 2.45) is 17.6 Å². The lowest BCUT2D eigenvalue weighted by Crippen LogP contribution is -2.47. The first-order valence-corrected chi connectivity index (χ1v) is 7.42. The average Bonchev–Trinajstić information content (AvgIpc) is 2.86. The van der Waals surface area contributed by atoms with Crippen LogP contribution < -0.4 is 10.5 Å². The minimum atomic E-state index is -0.0655. The van der Waals surface area contributed by atoms with Crippen LogP contribution in [-0.2, 0) is 11.2 Å². The molecule has 0 aliphatic carbocycles. The van der Waals surface area contributed by atoms with Crippen molar-refractivity contribution >= 4 is 5.91 Å². The molecule has 20 heavy (non-hydrogen) atoms. The third-order valence-electron chi connectivity index (χ3n) is 4.64. The molecule has 0 spiro atoms. The van der Waals surface area contributed by atoms with Crippen LogP contribution in [0.25, 0.3) is 0 Å². The smallest absolute Gasteiger partial charge is 0.229 e. The fraction of sp³-hybridized carbons (Fsp3) is 0.562. The summed E-state index contributed by atoms with van der Waals surface area (Å²) in [6.45, 7) is 4.05. The zero-order valence-corrected chi connectivity index (χ0v) is 11.9. The van der Waals surface area contributed by atoms with E-state index in [0.717, 1.165) is 30.7 Å². The van der Waals surface area contributed by atoms with E-state index in [4.69, 9.17) is 10.5 Å². The second kappa shape index (κ2) is 5.44. The molecule has 4 heteroatoms. The molecular formula is C16H22N2O2. The number of carbonyl (C=O) groups is 1. The molecular weight excluding hydrogens is 252 g/mol. The summed E-state index contributed by atoms with van der Waals surface area (Å²) in [5.74, 6) is 1.56. The van der Waals surface area contributed by atoms with Gasteiger partial charge in [0, 0.05) is 19.1 Å². The third kappa shape index (κ3) is 2.29. The molecule has 1 fully saturated rings. The van der Waals surface area contributed by atoms with E-state index in [2.05, 4.69) is 6.92 Å². The van der Waals surface area contributed by atoms with E-state index >= 15 is 0 Å². The maximum Gasteiger partial charge on any atom is 0.229 e. The predicted molar refractivity (Wildman–Crippen MR) is 77.5 cm³/mol. The van der Waals surface area contributed by atoms with E-state index in [0.29, 0.717) is 19.1 Å². The Labute approximate surface area is 119 Å². The SMILES string of the molecule is CC1CCN(C(=O)C2COc3ccccc3C2)C1CN. The Bertz CT molecular complexity index is 503. The zero-order chi connectivity index (χ0) is 14.1. The van der Waals surface area contributed by atoms with Crippen LogP contribution in [0.2, 0.25) is 0 Å². The molecule has 108 valence electrons. The molecule has 1 amide bonds. The van der Waals surface area contributed by atoms with Gasteiger partial charge in [-0.2, -0.15) is 0 Å². The van der Waals surface area contributed by atoms with Gasteiger partial charge in [-0.3, -0.25) is 4.79 Å². The first kappa shape index (κ1) is 13.4. The number of likely N-dealkylation sites (tertiary alicyclic amines) is 1. The Hall–Kier alpha value is -1.55. The molecule has 0 aromatic heterocycles. The lowest BCUT2D eigenvalue weighted by Gasteiger charge is -2.32. The molecule has 1 aromatic rings. The number of para-hydroxylation sites is 1. The largest absolute Gasteiger partial charge is 0.492 e. The Morgan fingerprint density at radius 1 is 1.45 bits per heavy atom. The van der Waals surface area contributed by atoms with Gasteiger partial charge in [0.15, 0.2) is 0 Å². The van der Waals surface area contributed by atoms with E-state index in [1.165, 1.54) is 0 Å². The van der Waals surface area contributed by atoms with Gasteiger partial charge in [0.25, 0.3) is 0 Å². The van der Waals surface area contributed by atoms with Crippen molar-refractivity contribution in [2.45, 2.75) is 25.8 Å². The highest BCUT2D eigenvalue weighted by atomic mass is 16.5. The Morgan fingerprint density at radius 2 is 2.25 bits per heavy atom. The van der Waals surface area contributed by atoms with Crippen LogP contribution in [0.15, 0.2) is 24.3 Å². The minimum absolute atomic E-state index is 0.0655. The normalized spacial score (nSPS) is 28.9. The van der Waals surface area contributed by atoms with Crippen molar-refractivity contribution < 1.29 is 9.53 Å². The maximum atomic E-state index is 12.7. The van der Waals surface area contributed by atoms with Gasteiger partial charge in [-0.05, 0) is 30.4 Å². The quantitative estimate of drug-likeness (QED) is 0.887. The van der Waals surface area contributed by atoms with Gasteiger partial charge in [-0.1, -0.05) is 25.1 Å². The Balaban J connectivity index is 1.73. The van der Waals surface area contributed by atoms with Crippen LogP contribution in [0.3, 0.4) is 0 Å². The van der Waals surface area contributed by atoms with Gasteiger partial charge in [-0.15, -0.1) is 0 Å². The van der Waals surface area contributed by atoms with Crippen molar-refractivity contribution in [3.05, 3.63) is 29.8 Å². The monoisotopic (exact) mass is 274 g/mol. The number of ether oxygens (including phenoxy) is 1. The molecule has 0 bridgehead atoms. The van der Waals surface area contributed by atoms with Gasteiger partial charge in [-0.25, -0.2) is 0 Å². The summed E-state index contributed by atoms with van der Waals surface area (Å²) in [6, 6.07) is 8.17. The van der Waals surface area contributed by atoms with Crippen LogP contribution in [0.1, 0.15) is 18.9 Å². The number of hydrogen-bond acceptors (Lipinski definition) is 3. The molecule has 1 aromatic carbocycles.